The van der Waals surface area contributed by atoms with Crippen molar-refractivity contribution in [2.24, 2.45) is 0 Å². The third kappa shape index (κ3) is 4.18. The van der Waals surface area contributed by atoms with Gasteiger partial charge in [0.2, 0.25) is 10.0 Å². The first-order valence-corrected chi connectivity index (χ1v) is 8.30. The maximum atomic E-state index is 12.1. The molecule has 3 nitrogen and oxygen atoms in total. The molecule has 1 N–H and O–H groups in total. The van der Waals surface area contributed by atoms with E-state index in [4.69, 9.17) is 0 Å². The quantitative estimate of drug-likeness (QED) is 0.861. The Hall–Kier alpha value is -1.13. The summed E-state index contributed by atoms with van der Waals surface area (Å²) < 4.78 is 27.0. The summed E-state index contributed by atoms with van der Waals surface area (Å²) in [6.45, 7) is 2.39. The van der Waals surface area contributed by atoms with Crippen molar-refractivity contribution < 1.29 is 8.42 Å². The van der Waals surface area contributed by atoms with Gasteiger partial charge in [0.05, 0.1) is 4.90 Å². The van der Waals surface area contributed by atoms with Crippen molar-refractivity contribution >= 4 is 10.0 Å². The number of benzene rings is 1. The molecule has 0 heterocycles. The van der Waals surface area contributed by atoms with Crippen LogP contribution >= 0.6 is 0 Å². The molecule has 0 fully saturated rings. The average molecular weight is 279 g/mol. The lowest BCUT2D eigenvalue weighted by atomic mass is 10.1. The van der Waals surface area contributed by atoms with E-state index in [1.807, 2.05) is 19.1 Å². The van der Waals surface area contributed by atoms with Gasteiger partial charge in [-0.1, -0.05) is 35.8 Å². The van der Waals surface area contributed by atoms with Gasteiger partial charge in [-0.15, -0.1) is 0 Å². The van der Waals surface area contributed by atoms with Gasteiger partial charge in [0.25, 0.3) is 0 Å². The highest BCUT2D eigenvalue weighted by molar-refractivity contribution is 7.89. The van der Waals surface area contributed by atoms with Crippen molar-refractivity contribution in [3.05, 3.63) is 41.5 Å². The standard InChI is InChI=1S/C15H21NO2S/c1-13-8-10-15(11-9-13)19(17,18)16-12-14-6-4-2-3-5-7-14/h6,8-11,16H,2-5,7,12H2,1H3. The molecule has 0 unspecified atom stereocenters. The molecule has 1 aromatic rings. The number of allylic oxidation sites excluding steroid dienone is 1. The molecule has 0 amide bonds. The number of aryl methyl sites for hydroxylation is 1. The molecule has 104 valence electrons. The minimum absolute atomic E-state index is 0.340. The summed E-state index contributed by atoms with van der Waals surface area (Å²) in [5.41, 5.74) is 2.28. The van der Waals surface area contributed by atoms with Crippen LogP contribution in [0, 0.1) is 6.92 Å². The number of sulfonamides is 1. The Morgan fingerprint density at radius 2 is 1.84 bits per heavy atom. The molecule has 0 spiro atoms. The maximum Gasteiger partial charge on any atom is 0.240 e. The Morgan fingerprint density at radius 1 is 1.11 bits per heavy atom. The van der Waals surface area contributed by atoms with E-state index in [1.165, 1.54) is 18.4 Å². The van der Waals surface area contributed by atoms with Gasteiger partial charge in [0.1, 0.15) is 0 Å². The highest BCUT2D eigenvalue weighted by atomic mass is 32.2. The SMILES string of the molecule is Cc1ccc(S(=O)(=O)NCC2=CCCCCC2)cc1. The van der Waals surface area contributed by atoms with Crippen molar-refractivity contribution in [2.45, 2.75) is 43.9 Å². The van der Waals surface area contributed by atoms with E-state index in [2.05, 4.69) is 10.8 Å². The van der Waals surface area contributed by atoms with E-state index in [0.29, 0.717) is 11.4 Å². The van der Waals surface area contributed by atoms with Crippen molar-refractivity contribution in [3.8, 4) is 0 Å². The van der Waals surface area contributed by atoms with Crippen LogP contribution in [-0.2, 0) is 10.0 Å². The van der Waals surface area contributed by atoms with Crippen LogP contribution in [0.2, 0.25) is 0 Å². The zero-order valence-corrected chi connectivity index (χ0v) is 12.2. The minimum Gasteiger partial charge on any atom is -0.207 e. The molecule has 4 heteroatoms. The first-order chi connectivity index (χ1) is 9.08. The topological polar surface area (TPSA) is 46.2 Å². The number of hydrogen-bond donors (Lipinski definition) is 1. The Kier molecular flexibility index (Phi) is 4.77. The second-order valence-corrected chi connectivity index (χ2v) is 6.87. The molecule has 0 saturated carbocycles. The predicted molar refractivity (Wildman–Crippen MR) is 77.5 cm³/mol. The van der Waals surface area contributed by atoms with E-state index in [-0.39, 0.29) is 0 Å². The highest BCUT2D eigenvalue weighted by Crippen LogP contribution is 2.17. The van der Waals surface area contributed by atoms with E-state index < -0.39 is 10.0 Å². The van der Waals surface area contributed by atoms with Gasteiger partial charge in [-0.25, -0.2) is 13.1 Å². The number of rotatable bonds is 4. The summed E-state index contributed by atoms with van der Waals surface area (Å²) in [6.07, 6.45) is 7.89. The van der Waals surface area contributed by atoms with E-state index in [1.54, 1.807) is 12.1 Å². The van der Waals surface area contributed by atoms with Gasteiger partial charge in [-0.05, 0) is 44.7 Å². The fourth-order valence-corrected chi connectivity index (χ4v) is 3.27. The van der Waals surface area contributed by atoms with Crippen LogP contribution in [-0.4, -0.2) is 15.0 Å². The van der Waals surface area contributed by atoms with Gasteiger partial charge in [-0.3, -0.25) is 0 Å². The van der Waals surface area contributed by atoms with Crippen LogP contribution in [0.5, 0.6) is 0 Å². The van der Waals surface area contributed by atoms with Crippen molar-refractivity contribution in [3.63, 3.8) is 0 Å². The molecule has 19 heavy (non-hydrogen) atoms. The lowest BCUT2D eigenvalue weighted by Crippen LogP contribution is -2.25. The smallest absolute Gasteiger partial charge is 0.207 e. The number of hydrogen-bond acceptors (Lipinski definition) is 2. The van der Waals surface area contributed by atoms with Crippen molar-refractivity contribution in [1.29, 1.82) is 0 Å². The summed E-state index contributed by atoms with van der Waals surface area (Å²) >= 11 is 0. The van der Waals surface area contributed by atoms with Crippen molar-refractivity contribution in [1.82, 2.24) is 4.72 Å². The van der Waals surface area contributed by atoms with Gasteiger partial charge in [0, 0.05) is 6.54 Å². The molecule has 0 bridgehead atoms. The molecule has 0 aromatic heterocycles. The Bertz CT molecular complexity index is 544. The van der Waals surface area contributed by atoms with E-state index in [9.17, 15) is 8.42 Å². The van der Waals surface area contributed by atoms with Crippen LogP contribution in [0.1, 0.15) is 37.7 Å². The van der Waals surface area contributed by atoms with Crippen LogP contribution in [0.25, 0.3) is 0 Å². The first-order valence-electron chi connectivity index (χ1n) is 6.82. The van der Waals surface area contributed by atoms with Crippen LogP contribution < -0.4 is 4.72 Å². The molecule has 0 radical (unpaired) electrons. The molecule has 0 atom stereocenters. The third-order valence-electron chi connectivity index (χ3n) is 3.46. The molecule has 1 aliphatic rings. The molecule has 0 aliphatic heterocycles. The van der Waals surface area contributed by atoms with Gasteiger partial charge >= 0.3 is 0 Å². The normalized spacial score (nSPS) is 16.8. The van der Waals surface area contributed by atoms with Crippen molar-refractivity contribution in [2.75, 3.05) is 6.54 Å². The van der Waals surface area contributed by atoms with Crippen LogP contribution in [0.4, 0.5) is 0 Å². The summed E-state index contributed by atoms with van der Waals surface area (Å²) in [5, 5.41) is 0. The summed E-state index contributed by atoms with van der Waals surface area (Å²) in [6, 6.07) is 6.94. The lowest BCUT2D eigenvalue weighted by molar-refractivity contribution is 0.583. The second kappa shape index (κ2) is 6.35. The molecule has 0 saturated heterocycles. The van der Waals surface area contributed by atoms with E-state index >= 15 is 0 Å². The van der Waals surface area contributed by atoms with Crippen LogP contribution in [0.15, 0.2) is 40.8 Å². The fourth-order valence-electron chi connectivity index (χ4n) is 2.23. The van der Waals surface area contributed by atoms with Crippen LogP contribution in [0.3, 0.4) is 0 Å². The first kappa shape index (κ1) is 14.3. The third-order valence-corrected chi connectivity index (χ3v) is 4.87. The lowest BCUT2D eigenvalue weighted by Gasteiger charge is -2.09. The second-order valence-electron chi connectivity index (χ2n) is 5.10. The summed E-state index contributed by atoms with van der Waals surface area (Å²) in [4.78, 5) is 0.340. The molecule has 1 aromatic carbocycles. The largest absolute Gasteiger partial charge is 0.240 e. The molecular formula is C15H21NO2S. The van der Waals surface area contributed by atoms with E-state index in [0.717, 1.165) is 24.8 Å². The predicted octanol–water partition coefficient (Wildman–Crippen LogP) is 3.16. The van der Waals surface area contributed by atoms with Gasteiger partial charge < -0.3 is 0 Å². The van der Waals surface area contributed by atoms with Gasteiger partial charge in [-0.2, -0.15) is 0 Å². The monoisotopic (exact) mass is 279 g/mol. The maximum absolute atomic E-state index is 12.1. The summed E-state index contributed by atoms with van der Waals surface area (Å²) in [5.74, 6) is 0. The Morgan fingerprint density at radius 3 is 2.58 bits per heavy atom. The highest BCUT2D eigenvalue weighted by Gasteiger charge is 2.14. The fraction of sp³-hybridized carbons (Fsp3) is 0.467. The molecule has 1 aliphatic carbocycles. The minimum atomic E-state index is -3.38. The zero-order valence-electron chi connectivity index (χ0n) is 11.4. The molecular weight excluding hydrogens is 258 g/mol. The number of nitrogens with one attached hydrogen (secondary N) is 1. The molecule has 2 rings (SSSR count). The Labute approximate surface area is 115 Å². The van der Waals surface area contributed by atoms with Gasteiger partial charge in [0.15, 0.2) is 0 Å². The zero-order chi connectivity index (χ0) is 13.7. The summed E-state index contributed by atoms with van der Waals surface area (Å²) in [7, 11) is -3.38. The average Bonchev–Trinajstić information content (AvgIpc) is 2.65. The Balaban J connectivity index is 2.01.